The average Bonchev–Trinajstić information content (AvgIpc) is 3.63. The van der Waals surface area contributed by atoms with E-state index in [2.05, 4.69) is 34.8 Å². The van der Waals surface area contributed by atoms with Crippen LogP contribution in [0.15, 0.2) is 64.4 Å². The Morgan fingerprint density at radius 1 is 1.03 bits per heavy atom. The maximum atomic E-state index is 12.9. The van der Waals surface area contributed by atoms with Gasteiger partial charge in [0.15, 0.2) is 5.76 Å². The molecule has 1 aliphatic carbocycles. The molecule has 4 aromatic rings. The topological polar surface area (TPSA) is 73.8 Å². The Morgan fingerprint density at radius 2 is 1.71 bits per heavy atom. The van der Waals surface area contributed by atoms with E-state index >= 15 is 0 Å². The molecular formula is C29H30N2O4. The van der Waals surface area contributed by atoms with Crippen molar-refractivity contribution in [1.82, 2.24) is 4.57 Å². The molecule has 0 spiro atoms. The molecule has 0 saturated heterocycles. The minimum Gasteiger partial charge on any atom is -0.461 e. The highest BCUT2D eigenvalue weighted by atomic mass is 16.7. The highest BCUT2D eigenvalue weighted by Crippen LogP contribution is 2.33. The second-order valence-corrected chi connectivity index (χ2v) is 9.32. The lowest BCUT2D eigenvalue weighted by molar-refractivity contribution is -0.140. The first-order valence-corrected chi connectivity index (χ1v) is 12.4. The predicted octanol–water partition coefficient (Wildman–Crippen LogP) is 6.88. The molecule has 6 nitrogen and oxygen atoms in total. The van der Waals surface area contributed by atoms with Crippen LogP contribution in [0.3, 0.4) is 0 Å². The normalized spacial score (nSPS) is 14.7. The maximum Gasteiger partial charge on any atom is 0.331 e. The third kappa shape index (κ3) is 4.65. The molecule has 35 heavy (non-hydrogen) atoms. The van der Waals surface area contributed by atoms with Gasteiger partial charge in [-0.3, -0.25) is 4.79 Å². The minimum absolute atomic E-state index is 0.140. The SMILES string of the molecule is CCn1c2ccc(C(=O)c3ccco3)cc2c2cc(/C(CCC3CCCC3)=N/OC(C)=O)ccc21. The van der Waals surface area contributed by atoms with E-state index in [1.54, 1.807) is 12.1 Å². The van der Waals surface area contributed by atoms with Crippen LogP contribution in [-0.4, -0.2) is 22.0 Å². The Morgan fingerprint density at radius 3 is 2.34 bits per heavy atom. The summed E-state index contributed by atoms with van der Waals surface area (Å²) in [5, 5.41) is 6.29. The van der Waals surface area contributed by atoms with E-state index in [0.717, 1.165) is 52.5 Å². The van der Waals surface area contributed by atoms with Crippen molar-refractivity contribution in [3.8, 4) is 0 Å². The van der Waals surface area contributed by atoms with Gasteiger partial charge in [-0.25, -0.2) is 4.79 Å². The molecule has 2 aromatic heterocycles. The Hall–Kier alpha value is -3.67. The van der Waals surface area contributed by atoms with Gasteiger partial charge in [-0.05, 0) is 68.1 Å². The van der Waals surface area contributed by atoms with Crippen LogP contribution in [0.25, 0.3) is 21.8 Å². The van der Waals surface area contributed by atoms with Crippen LogP contribution in [0.5, 0.6) is 0 Å². The lowest BCUT2D eigenvalue weighted by atomic mass is 9.96. The molecule has 6 heteroatoms. The van der Waals surface area contributed by atoms with Gasteiger partial charge in [0.2, 0.25) is 5.78 Å². The van der Waals surface area contributed by atoms with Gasteiger partial charge in [0.05, 0.1) is 12.0 Å². The summed E-state index contributed by atoms with van der Waals surface area (Å²) in [5.74, 6) is 0.470. The van der Waals surface area contributed by atoms with Crippen molar-refractivity contribution in [2.24, 2.45) is 11.1 Å². The molecule has 0 bridgehead atoms. The fourth-order valence-corrected chi connectivity index (χ4v) is 5.32. The predicted molar refractivity (Wildman–Crippen MR) is 137 cm³/mol. The van der Waals surface area contributed by atoms with Crippen molar-refractivity contribution >= 4 is 39.3 Å². The molecule has 0 N–H and O–H groups in total. The molecule has 1 saturated carbocycles. The zero-order valence-electron chi connectivity index (χ0n) is 20.3. The standard InChI is InChI=1S/C29H30N2O4/c1-3-31-26-14-11-21(25(30-35-19(2)32)13-10-20-7-4-5-8-20)17-23(26)24-18-22(12-15-27(24)31)29(33)28-9-6-16-34-28/h6,9,11-12,14-18,20H,3-5,7-8,10,13H2,1-2H3/b30-25+. The molecule has 5 rings (SSSR count). The third-order valence-electron chi connectivity index (χ3n) is 7.07. The number of carbonyl (C=O) groups is 2. The summed E-state index contributed by atoms with van der Waals surface area (Å²) in [6, 6.07) is 15.5. The number of furan rings is 1. The molecule has 1 fully saturated rings. The number of rotatable bonds is 8. The van der Waals surface area contributed by atoms with Crippen molar-refractivity contribution in [3.05, 3.63) is 71.7 Å². The van der Waals surface area contributed by atoms with Gasteiger partial charge in [0.25, 0.3) is 0 Å². The van der Waals surface area contributed by atoms with Crippen LogP contribution >= 0.6 is 0 Å². The van der Waals surface area contributed by atoms with Crippen LogP contribution in [0.4, 0.5) is 0 Å². The van der Waals surface area contributed by atoms with E-state index in [1.165, 1.54) is 38.9 Å². The van der Waals surface area contributed by atoms with Gasteiger partial charge in [0, 0.05) is 46.4 Å². The summed E-state index contributed by atoms with van der Waals surface area (Å²) in [6.07, 6.45) is 8.42. The van der Waals surface area contributed by atoms with Gasteiger partial charge in [-0.1, -0.05) is 36.9 Å². The number of hydrogen-bond acceptors (Lipinski definition) is 5. The van der Waals surface area contributed by atoms with E-state index < -0.39 is 5.97 Å². The van der Waals surface area contributed by atoms with Crippen LogP contribution in [0.2, 0.25) is 0 Å². The van der Waals surface area contributed by atoms with Gasteiger partial charge in [0.1, 0.15) is 0 Å². The van der Waals surface area contributed by atoms with E-state index in [-0.39, 0.29) is 5.78 Å². The largest absolute Gasteiger partial charge is 0.461 e. The summed E-state index contributed by atoms with van der Waals surface area (Å²) < 4.78 is 7.58. The molecule has 0 atom stereocenters. The van der Waals surface area contributed by atoms with Crippen molar-refractivity contribution < 1.29 is 18.8 Å². The average molecular weight is 471 g/mol. The Labute approximate surface area is 204 Å². The van der Waals surface area contributed by atoms with Gasteiger partial charge in [-0.15, -0.1) is 0 Å². The Kier molecular flexibility index (Phi) is 6.53. The molecule has 0 aliphatic heterocycles. The lowest BCUT2D eigenvalue weighted by Gasteiger charge is -2.11. The van der Waals surface area contributed by atoms with E-state index in [9.17, 15) is 9.59 Å². The maximum absolute atomic E-state index is 12.9. The summed E-state index contributed by atoms with van der Waals surface area (Å²) >= 11 is 0. The number of carbonyl (C=O) groups excluding carboxylic acids is 2. The quantitative estimate of drug-likeness (QED) is 0.122. The van der Waals surface area contributed by atoms with Gasteiger partial charge < -0.3 is 13.8 Å². The second-order valence-electron chi connectivity index (χ2n) is 9.32. The molecule has 0 unspecified atom stereocenters. The molecular weight excluding hydrogens is 440 g/mol. The summed E-state index contributed by atoms with van der Waals surface area (Å²) in [6.45, 7) is 4.29. The number of hydrogen-bond donors (Lipinski definition) is 0. The van der Waals surface area contributed by atoms with Crippen LogP contribution in [-0.2, 0) is 16.2 Å². The summed E-state index contributed by atoms with van der Waals surface area (Å²) in [4.78, 5) is 29.5. The number of fused-ring (bicyclic) bond motifs is 3. The van der Waals surface area contributed by atoms with Gasteiger partial charge >= 0.3 is 5.97 Å². The number of aryl methyl sites for hydroxylation is 1. The van der Waals surface area contributed by atoms with Crippen LogP contribution in [0, 0.1) is 5.92 Å². The Bertz CT molecular complexity index is 1410. The zero-order valence-corrected chi connectivity index (χ0v) is 20.3. The smallest absolute Gasteiger partial charge is 0.331 e. The Balaban J connectivity index is 1.58. The molecule has 0 amide bonds. The van der Waals surface area contributed by atoms with E-state index in [0.29, 0.717) is 17.2 Å². The monoisotopic (exact) mass is 470 g/mol. The highest BCUT2D eigenvalue weighted by Gasteiger charge is 2.19. The number of oxime groups is 1. The first-order valence-electron chi connectivity index (χ1n) is 12.4. The number of nitrogens with zero attached hydrogens (tertiary/aromatic N) is 2. The minimum atomic E-state index is -0.423. The van der Waals surface area contributed by atoms with Crippen molar-refractivity contribution in [2.75, 3.05) is 0 Å². The third-order valence-corrected chi connectivity index (χ3v) is 7.07. The summed E-state index contributed by atoms with van der Waals surface area (Å²) in [7, 11) is 0. The number of ketones is 1. The lowest BCUT2D eigenvalue weighted by Crippen LogP contribution is -2.07. The first kappa shape index (κ1) is 23.1. The molecule has 2 heterocycles. The zero-order chi connectivity index (χ0) is 24.4. The molecule has 2 aromatic carbocycles. The van der Waals surface area contributed by atoms with Crippen molar-refractivity contribution in [3.63, 3.8) is 0 Å². The van der Waals surface area contributed by atoms with Gasteiger partial charge in [-0.2, -0.15) is 0 Å². The second kappa shape index (κ2) is 9.90. The molecule has 1 aliphatic rings. The fourth-order valence-electron chi connectivity index (χ4n) is 5.32. The van der Waals surface area contributed by atoms with E-state index in [4.69, 9.17) is 9.25 Å². The van der Waals surface area contributed by atoms with Crippen molar-refractivity contribution in [1.29, 1.82) is 0 Å². The van der Waals surface area contributed by atoms with Crippen LogP contribution < -0.4 is 0 Å². The summed E-state index contributed by atoms with van der Waals surface area (Å²) in [5.41, 5.74) is 4.48. The number of benzene rings is 2. The van der Waals surface area contributed by atoms with Crippen molar-refractivity contribution in [2.45, 2.75) is 58.9 Å². The highest BCUT2D eigenvalue weighted by molar-refractivity contribution is 6.15. The fraction of sp³-hybridized carbons (Fsp3) is 0.345. The van der Waals surface area contributed by atoms with Crippen LogP contribution in [0.1, 0.15) is 74.1 Å². The van der Waals surface area contributed by atoms with E-state index in [1.807, 2.05) is 18.2 Å². The molecule has 0 radical (unpaired) electrons. The first-order chi connectivity index (χ1) is 17.0. The number of aromatic nitrogens is 1. The molecule has 180 valence electrons.